The van der Waals surface area contributed by atoms with Crippen LogP contribution in [0.5, 0.6) is 5.75 Å². The summed E-state index contributed by atoms with van der Waals surface area (Å²) in [6.45, 7) is 2.34. The van der Waals surface area contributed by atoms with E-state index in [9.17, 15) is 4.39 Å². The van der Waals surface area contributed by atoms with Gasteiger partial charge in [-0.1, -0.05) is 0 Å². The fourth-order valence-electron chi connectivity index (χ4n) is 2.55. The normalized spacial score (nSPS) is 14.9. The van der Waals surface area contributed by atoms with Crippen LogP contribution in [0.2, 0.25) is 0 Å². The monoisotopic (exact) mass is 273 g/mol. The Morgan fingerprint density at radius 2 is 2.30 bits per heavy atom. The van der Waals surface area contributed by atoms with E-state index in [1.54, 1.807) is 19.5 Å². The van der Waals surface area contributed by atoms with Crippen LogP contribution in [0.15, 0.2) is 30.7 Å². The molecule has 0 N–H and O–H groups in total. The molecule has 2 heterocycles. The highest BCUT2D eigenvalue weighted by atomic mass is 19.1. The number of fused-ring (bicyclic) bond motifs is 1. The third-order valence-electron chi connectivity index (χ3n) is 3.59. The van der Waals surface area contributed by atoms with Crippen molar-refractivity contribution in [2.24, 2.45) is 0 Å². The minimum absolute atomic E-state index is 0.236. The fraction of sp³-hybridized carbons (Fsp3) is 0.333. The molecule has 20 heavy (non-hydrogen) atoms. The molecule has 2 aromatic rings. The summed E-state index contributed by atoms with van der Waals surface area (Å²) in [6.07, 6.45) is 4.38. The number of methoxy groups -OCH3 is 1. The second kappa shape index (κ2) is 5.54. The van der Waals surface area contributed by atoms with E-state index in [1.165, 1.54) is 17.7 Å². The third kappa shape index (κ3) is 2.63. The Balaban J connectivity index is 1.78. The SMILES string of the molecule is COc1ccc(F)cc1CN1CCc2cncnc2C1. The van der Waals surface area contributed by atoms with E-state index in [2.05, 4.69) is 14.9 Å². The van der Waals surface area contributed by atoms with Crippen molar-refractivity contribution in [1.29, 1.82) is 0 Å². The lowest BCUT2D eigenvalue weighted by Gasteiger charge is -2.28. The number of hydrogen-bond donors (Lipinski definition) is 0. The second-order valence-corrected chi connectivity index (χ2v) is 4.91. The predicted octanol–water partition coefficient (Wildman–Crippen LogP) is 2.18. The Hall–Kier alpha value is -2.01. The van der Waals surface area contributed by atoms with Crippen LogP contribution in [-0.4, -0.2) is 28.5 Å². The molecule has 0 saturated carbocycles. The third-order valence-corrected chi connectivity index (χ3v) is 3.59. The van der Waals surface area contributed by atoms with Crippen molar-refractivity contribution in [2.45, 2.75) is 19.5 Å². The summed E-state index contributed by atoms with van der Waals surface area (Å²) in [6, 6.07) is 4.63. The van der Waals surface area contributed by atoms with Gasteiger partial charge in [0.1, 0.15) is 17.9 Å². The topological polar surface area (TPSA) is 38.2 Å². The zero-order valence-corrected chi connectivity index (χ0v) is 11.3. The van der Waals surface area contributed by atoms with Crippen LogP contribution < -0.4 is 4.74 Å². The molecule has 3 rings (SSSR count). The molecule has 1 aromatic carbocycles. The summed E-state index contributed by atoms with van der Waals surface area (Å²) < 4.78 is 18.7. The number of hydrogen-bond acceptors (Lipinski definition) is 4. The van der Waals surface area contributed by atoms with Gasteiger partial charge in [0.15, 0.2) is 0 Å². The van der Waals surface area contributed by atoms with Crippen LogP contribution in [-0.2, 0) is 19.5 Å². The molecule has 5 heteroatoms. The van der Waals surface area contributed by atoms with Crippen molar-refractivity contribution in [3.63, 3.8) is 0 Å². The van der Waals surface area contributed by atoms with Gasteiger partial charge in [0, 0.05) is 31.4 Å². The average molecular weight is 273 g/mol. The van der Waals surface area contributed by atoms with Gasteiger partial charge < -0.3 is 4.74 Å². The van der Waals surface area contributed by atoms with E-state index in [0.29, 0.717) is 6.54 Å². The van der Waals surface area contributed by atoms with Crippen LogP contribution in [0, 0.1) is 5.82 Å². The van der Waals surface area contributed by atoms with Gasteiger partial charge in [-0.2, -0.15) is 0 Å². The Kier molecular flexibility index (Phi) is 3.60. The molecule has 0 bridgehead atoms. The Labute approximate surface area is 117 Å². The molecular formula is C15H16FN3O. The van der Waals surface area contributed by atoms with Gasteiger partial charge in [-0.15, -0.1) is 0 Å². The first-order valence-electron chi connectivity index (χ1n) is 6.59. The Morgan fingerprint density at radius 1 is 1.40 bits per heavy atom. The van der Waals surface area contributed by atoms with E-state index in [0.717, 1.165) is 36.5 Å². The number of rotatable bonds is 3. The molecule has 1 aromatic heterocycles. The summed E-state index contributed by atoms with van der Waals surface area (Å²) in [5, 5.41) is 0. The van der Waals surface area contributed by atoms with Gasteiger partial charge >= 0.3 is 0 Å². The number of nitrogens with zero attached hydrogens (tertiary/aromatic N) is 3. The predicted molar refractivity (Wildman–Crippen MR) is 72.8 cm³/mol. The maximum absolute atomic E-state index is 13.4. The maximum Gasteiger partial charge on any atom is 0.123 e. The molecule has 104 valence electrons. The van der Waals surface area contributed by atoms with E-state index >= 15 is 0 Å². The standard InChI is InChI=1S/C15H16FN3O/c1-20-15-3-2-13(16)6-12(15)8-19-5-4-11-7-17-10-18-14(11)9-19/h2-3,6-7,10H,4-5,8-9H2,1H3. The smallest absolute Gasteiger partial charge is 0.123 e. The van der Waals surface area contributed by atoms with E-state index < -0.39 is 0 Å². The van der Waals surface area contributed by atoms with Gasteiger partial charge in [-0.25, -0.2) is 14.4 Å². The lowest BCUT2D eigenvalue weighted by Crippen LogP contribution is -2.31. The van der Waals surface area contributed by atoms with Crippen molar-refractivity contribution < 1.29 is 9.13 Å². The quantitative estimate of drug-likeness (QED) is 0.859. The fourth-order valence-corrected chi connectivity index (χ4v) is 2.55. The first kappa shape index (κ1) is 13.0. The first-order valence-corrected chi connectivity index (χ1v) is 6.59. The molecular weight excluding hydrogens is 257 g/mol. The molecule has 0 radical (unpaired) electrons. The molecule has 0 aliphatic carbocycles. The molecule has 0 spiro atoms. The molecule has 0 amide bonds. The van der Waals surface area contributed by atoms with E-state index in [1.807, 2.05) is 6.20 Å². The highest BCUT2D eigenvalue weighted by molar-refractivity contribution is 5.34. The minimum Gasteiger partial charge on any atom is -0.496 e. The molecule has 0 saturated heterocycles. The minimum atomic E-state index is -0.236. The van der Waals surface area contributed by atoms with Crippen molar-refractivity contribution >= 4 is 0 Å². The van der Waals surface area contributed by atoms with Crippen LogP contribution in [0.1, 0.15) is 16.8 Å². The summed E-state index contributed by atoms with van der Waals surface area (Å²) in [7, 11) is 1.61. The molecule has 1 aliphatic heterocycles. The molecule has 1 aliphatic rings. The van der Waals surface area contributed by atoms with E-state index in [-0.39, 0.29) is 5.82 Å². The van der Waals surface area contributed by atoms with Crippen LogP contribution >= 0.6 is 0 Å². The summed E-state index contributed by atoms with van der Waals surface area (Å²) in [4.78, 5) is 10.6. The molecule has 0 fully saturated rings. The summed E-state index contributed by atoms with van der Waals surface area (Å²) in [5.41, 5.74) is 3.13. The van der Waals surface area contributed by atoms with Crippen molar-refractivity contribution in [3.8, 4) is 5.75 Å². The van der Waals surface area contributed by atoms with Crippen LogP contribution in [0.3, 0.4) is 0 Å². The van der Waals surface area contributed by atoms with Gasteiger partial charge in [0.2, 0.25) is 0 Å². The highest BCUT2D eigenvalue weighted by Crippen LogP contribution is 2.24. The largest absolute Gasteiger partial charge is 0.496 e. The Morgan fingerprint density at radius 3 is 3.15 bits per heavy atom. The van der Waals surface area contributed by atoms with Crippen LogP contribution in [0.4, 0.5) is 4.39 Å². The van der Waals surface area contributed by atoms with Gasteiger partial charge in [0.05, 0.1) is 12.8 Å². The zero-order valence-electron chi connectivity index (χ0n) is 11.3. The number of aromatic nitrogens is 2. The number of benzene rings is 1. The molecule has 0 atom stereocenters. The number of halogens is 1. The average Bonchev–Trinajstić information content (AvgIpc) is 2.47. The number of ether oxygens (including phenoxy) is 1. The second-order valence-electron chi connectivity index (χ2n) is 4.91. The van der Waals surface area contributed by atoms with E-state index in [4.69, 9.17) is 4.74 Å². The van der Waals surface area contributed by atoms with Crippen molar-refractivity contribution in [2.75, 3.05) is 13.7 Å². The maximum atomic E-state index is 13.4. The van der Waals surface area contributed by atoms with Gasteiger partial charge in [-0.05, 0) is 30.2 Å². The lowest BCUT2D eigenvalue weighted by molar-refractivity contribution is 0.237. The van der Waals surface area contributed by atoms with Gasteiger partial charge in [0.25, 0.3) is 0 Å². The van der Waals surface area contributed by atoms with Crippen molar-refractivity contribution in [1.82, 2.24) is 14.9 Å². The van der Waals surface area contributed by atoms with Crippen LogP contribution in [0.25, 0.3) is 0 Å². The summed E-state index contributed by atoms with van der Waals surface area (Å²) >= 11 is 0. The highest BCUT2D eigenvalue weighted by Gasteiger charge is 2.18. The Bertz CT molecular complexity index is 618. The van der Waals surface area contributed by atoms with Gasteiger partial charge in [-0.3, -0.25) is 4.90 Å². The lowest BCUT2D eigenvalue weighted by atomic mass is 10.1. The zero-order chi connectivity index (χ0) is 13.9. The molecule has 4 nitrogen and oxygen atoms in total. The summed E-state index contributed by atoms with van der Waals surface area (Å²) in [5.74, 6) is 0.486. The first-order chi connectivity index (χ1) is 9.76. The van der Waals surface area contributed by atoms with Crippen molar-refractivity contribution in [3.05, 3.63) is 53.4 Å². The molecule has 0 unspecified atom stereocenters.